The fourth-order valence-electron chi connectivity index (χ4n) is 3.48. The van der Waals surface area contributed by atoms with Crippen LogP contribution in [0, 0.1) is 11.3 Å². The van der Waals surface area contributed by atoms with Crippen molar-refractivity contribution in [2.75, 3.05) is 60.0 Å². The van der Waals surface area contributed by atoms with Crippen molar-refractivity contribution in [3.05, 3.63) is 0 Å². The first-order valence-corrected chi connectivity index (χ1v) is 7.28. The number of likely N-dealkylation sites (tertiary alicyclic amines) is 1. The average Bonchev–Trinajstić information content (AvgIpc) is 2.75. The van der Waals surface area contributed by atoms with Crippen LogP contribution in [-0.4, -0.2) is 69.8 Å². The Labute approximate surface area is 111 Å². The lowest BCUT2D eigenvalue weighted by Gasteiger charge is -2.39. The number of hydrogen-bond acceptors (Lipinski definition) is 4. The van der Waals surface area contributed by atoms with Gasteiger partial charge >= 0.3 is 0 Å². The molecule has 0 bridgehead atoms. The van der Waals surface area contributed by atoms with Crippen molar-refractivity contribution in [2.24, 2.45) is 17.1 Å². The maximum absolute atomic E-state index is 6.03. The van der Waals surface area contributed by atoms with E-state index in [2.05, 4.69) is 23.9 Å². The lowest BCUT2D eigenvalue weighted by atomic mass is 9.79. The lowest BCUT2D eigenvalue weighted by molar-refractivity contribution is 0.00205. The molecule has 1 atom stereocenters. The van der Waals surface area contributed by atoms with Gasteiger partial charge in [0.05, 0.1) is 0 Å². The normalized spacial score (nSPS) is 29.0. The standard InChI is InChI=1S/C14H29N3O/c1-16-6-3-13(9-16)10-17(2)12-14(11-15)4-7-18-8-5-14/h13H,3-12,15H2,1-2H3. The minimum absolute atomic E-state index is 0.303. The summed E-state index contributed by atoms with van der Waals surface area (Å²) < 4.78 is 5.47. The first kappa shape index (κ1) is 14.3. The molecule has 0 radical (unpaired) electrons. The molecule has 2 rings (SSSR count). The van der Waals surface area contributed by atoms with Gasteiger partial charge in [0.1, 0.15) is 0 Å². The van der Waals surface area contributed by atoms with Gasteiger partial charge < -0.3 is 20.3 Å². The van der Waals surface area contributed by atoms with Crippen molar-refractivity contribution < 1.29 is 4.74 Å². The van der Waals surface area contributed by atoms with Crippen molar-refractivity contribution in [2.45, 2.75) is 19.3 Å². The molecular weight excluding hydrogens is 226 g/mol. The number of nitrogens with zero attached hydrogens (tertiary/aromatic N) is 2. The Bertz CT molecular complexity index is 253. The van der Waals surface area contributed by atoms with Crippen molar-refractivity contribution in [1.29, 1.82) is 0 Å². The monoisotopic (exact) mass is 255 g/mol. The minimum Gasteiger partial charge on any atom is -0.381 e. The molecule has 18 heavy (non-hydrogen) atoms. The molecule has 0 saturated carbocycles. The highest BCUT2D eigenvalue weighted by Crippen LogP contribution is 2.30. The Balaban J connectivity index is 1.79. The van der Waals surface area contributed by atoms with Gasteiger partial charge in [-0.25, -0.2) is 0 Å². The number of hydrogen-bond donors (Lipinski definition) is 1. The topological polar surface area (TPSA) is 41.7 Å². The second kappa shape index (κ2) is 6.33. The van der Waals surface area contributed by atoms with Crippen LogP contribution < -0.4 is 5.73 Å². The fraction of sp³-hybridized carbons (Fsp3) is 1.00. The highest BCUT2D eigenvalue weighted by atomic mass is 16.5. The molecule has 0 aromatic rings. The van der Waals surface area contributed by atoms with E-state index < -0.39 is 0 Å². The third kappa shape index (κ3) is 3.67. The molecule has 106 valence electrons. The zero-order valence-electron chi connectivity index (χ0n) is 12.0. The Morgan fingerprint density at radius 3 is 2.67 bits per heavy atom. The van der Waals surface area contributed by atoms with Crippen LogP contribution in [0.2, 0.25) is 0 Å². The molecule has 2 aliphatic heterocycles. The van der Waals surface area contributed by atoms with Gasteiger partial charge in [-0.3, -0.25) is 0 Å². The summed E-state index contributed by atoms with van der Waals surface area (Å²) in [6.45, 7) is 7.43. The molecule has 2 fully saturated rings. The third-order valence-electron chi connectivity index (χ3n) is 4.65. The van der Waals surface area contributed by atoms with Crippen molar-refractivity contribution in [3.8, 4) is 0 Å². The van der Waals surface area contributed by atoms with E-state index in [9.17, 15) is 0 Å². The SMILES string of the molecule is CN1CCC(CN(C)CC2(CN)CCOCC2)C1. The number of ether oxygens (including phenoxy) is 1. The molecule has 4 nitrogen and oxygen atoms in total. The molecule has 0 aromatic carbocycles. The average molecular weight is 255 g/mol. The smallest absolute Gasteiger partial charge is 0.0472 e. The van der Waals surface area contributed by atoms with Crippen LogP contribution in [0.4, 0.5) is 0 Å². The quantitative estimate of drug-likeness (QED) is 0.782. The fourth-order valence-corrected chi connectivity index (χ4v) is 3.48. The molecule has 2 N–H and O–H groups in total. The zero-order chi connectivity index (χ0) is 13.0. The number of rotatable bonds is 5. The Hall–Kier alpha value is -0.160. The van der Waals surface area contributed by atoms with Crippen molar-refractivity contribution >= 4 is 0 Å². The third-order valence-corrected chi connectivity index (χ3v) is 4.65. The molecule has 1 unspecified atom stereocenters. The molecule has 0 aromatic heterocycles. The van der Waals surface area contributed by atoms with E-state index in [1.54, 1.807) is 0 Å². The summed E-state index contributed by atoms with van der Waals surface area (Å²) in [6.07, 6.45) is 3.59. The van der Waals surface area contributed by atoms with E-state index >= 15 is 0 Å². The summed E-state index contributed by atoms with van der Waals surface area (Å²) in [5.41, 5.74) is 6.33. The summed E-state index contributed by atoms with van der Waals surface area (Å²) in [5.74, 6) is 0.842. The van der Waals surface area contributed by atoms with E-state index in [4.69, 9.17) is 10.5 Å². The molecule has 0 spiro atoms. The number of nitrogens with two attached hydrogens (primary N) is 1. The minimum atomic E-state index is 0.303. The maximum atomic E-state index is 6.03. The highest BCUT2D eigenvalue weighted by Gasteiger charge is 2.33. The summed E-state index contributed by atoms with van der Waals surface area (Å²) in [6, 6.07) is 0. The van der Waals surface area contributed by atoms with Crippen LogP contribution in [0.25, 0.3) is 0 Å². The first-order chi connectivity index (χ1) is 8.63. The molecule has 4 heteroatoms. The summed E-state index contributed by atoms with van der Waals surface area (Å²) in [7, 11) is 4.48. The Morgan fingerprint density at radius 1 is 1.39 bits per heavy atom. The Kier molecular flexibility index (Phi) is 5.01. The second-order valence-corrected chi connectivity index (χ2v) is 6.43. The molecule has 2 saturated heterocycles. The predicted octanol–water partition coefficient (Wildman–Crippen LogP) is 0.625. The Morgan fingerprint density at radius 2 is 2.11 bits per heavy atom. The summed E-state index contributed by atoms with van der Waals surface area (Å²) in [4.78, 5) is 4.94. The zero-order valence-corrected chi connectivity index (χ0v) is 12.0. The van der Waals surface area contributed by atoms with E-state index in [-0.39, 0.29) is 0 Å². The van der Waals surface area contributed by atoms with E-state index in [0.29, 0.717) is 5.41 Å². The van der Waals surface area contributed by atoms with Gasteiger partial charge in [-0.1, -0.05) is 0 Å². The van der Waals surface area contributed by atoms with Crippen molar-refractivity contribution in [3.63, 3.8) is 0 Å². The van der Waals surface area contributed by atoms with Crippen LogP contribution in [0.3, 0.4) is 0 Å². The predicted molar refractivity (Wildman–Crippen MR) is 74.6 cm³/mol. The van der Waals surface area contributed by atoms with Gasteiger partial charge in [0.25, 0.3) is 0 Å². The summed E-state index contributed by atoms with van der Waals surface area (Å²) in [5, 5.41) is 0. The molecule has 2 aliphatic rings. The molecular formula is C14H29N3O. The largest absolute Gasteiger partial charge is 0.381 e. The van der Waals surface area contributed by atoms with E-state index in [1.165, 1.54) is 26.1 Å². The van der Waals surface area contributed by atoms with Crippen LogP contribution in [0.5, 0.6) is 0 Å². The van der Waals surface area contributed by atoms with Crippen molar-refractivity contribution in [1.82, 2.24) is 9.80 Å². The molecule has 0 aliphatic carbocycles. The van der Waals surface area contributed by atoms with Crippen LogP contribution >= 0.6 is 0 Å². The van der Waals surface area contributed by atoms with E-state index in [0.717, 1.165) is 45.1 Å². The van der Waals surface area contributed by atoms with Gasteiger partial charge in [-0.15, -0.1) is 0 Å². The van der Waals surface area contributed by atoms with E-state index in [1.807, 2.05) is 0 Å². The van der Waals surface area contributed by atoms with Gasteiger partial charge in [-0.2, -0.15) is 0 Å². The highest BCUT2D eigenvalue weighted by molar-refractivity contribution is 4.86. The van der Waals surface area contributed by atoms with Gasteiger partial charge in [-0.05, 0) is 57.8 Å². The summed E-state index contributed by atoms with van der Waals surface area (Å²) >= 11 is 0. The maximum Gasteiger partial charge on any atom is 0.0472 e. The van der Waals surface area contributed by atoms with Crippen LogP contribution in [0.15, 0.2) is 0 Å². The molecule has 2 heterocycles. The van der Waals surface area contributed by atoms with Gasteiger partial charge in [0.15, 0.2) is 0 Å². The van der Waals surface area contributed by atoms with Crippen LogP contribution in [0.1, 0.15) is 19.3 Å². The lowest BCUT2D eigenvalue weighted by Crippen LogP contribution is -2.46. The first-order valence-electron chi connectivity index (χ1n) is 7.28. The second-order valence-electron chi connectivity index (χ2n) is 6.43. The molecule has 0 amide bonds. The van der Waals surface area contributed by atoms with Crippen LogP contribution in [-0.2, 0) is 4.74 Å². The van der Waals surface area contributed by atoms with Gasteiger partial charge in [0.2, 0.25) is 0 Å². The van der Waals surface area contributed by atoms with Gasteiger partial charge in [0, 0.05) is 32.8 Å².